The number of nitrogens with zero attached hydrogens (tertiary/aromatic N) is 3. The number of hydrogen-bond donors (Lipinski definition) is 2. The zero-order valence-corrected chi connectivity index (χ0v) is 13.8. The maximum Gasteiger partial charge on any atom is 0.244 e. The van der Waals surface area contributed by atoms with Crippen molar-refractivity contribution in [2.75, 3.05) is 46.0 Å². The Bertz CT molecular complexity index is 540. The van der Waals surface area contributed by atoms with Crippen LogP contribution in [0.2, 0.25) is 0 Å². The minimum atomic E-state index is -1.06. The van der Waals surface area contributed by atoms with Gasteiger partial charge in [-0.15, -0.1) is 0 Å². The van der Waals surface area contributed by atoms with E-state index < -0.39 is 5.60 Å². The molecule has 1 amide bonds. The van der Waals surface area contributed by atoms with Gasteiger partial charge in [0.2, 0.25) is 5.91 Å². The normalized spacial score (nSPS) is 23.0. The molecule has 132 valence electrons. The van der Waals surface area contributed by atoms with E-state index in [1.54, 1.807) is 17.3 Å². The van der Waals surface area contributed by atoms with Crippen LogP contribution in [-0.2, 0) is 9.53 Å². The van der Waals surface area contributed by atoms with E-state index in [4.69, 9.17) is 4.74 Å². The van der Waals surface area contributed by atoms with Crippen LogP contribution < -0.4 is 0 Å². The Balaban J connectivity index is 1.77. The van der Waals surface area contributed by atoms with Crippen LogP contribution in [-0.4, -0.2) is 82.5 Å². The van der Waals surface area contributed by atoms with Crippen molar-refractivity contribution in [1.29, 1.82) is 0 Å². The summed E-state index contributed by atoms with van der Waals surface area (Å²) in [6.07, 6.45) is 4.24. The summed E-state index contributed by atoms with van der Waals surface area (Å²) in [6.45, 7) is 3.31. The molecule has 7 heteroatoms. The van der Waals surface area contributed by atoms with Crippen LogP contribution in [0.5, 0.6) is 0 Å². The van der Waals surface area contributed by atoms with Crippen molar-refractivity contribution in [2.45, 2.75) is 24.5 Å². The highest BCUT2D eigenvalue weighted by molar-refractivity contribution is 5.83. The van der Waals surface area contributed by atoms with Crippen molar-refractivity contribution in [3.8, 4) is 0 Å². The standard InChI is InChI=1S/C17H25N3O4/c21-13-17(23)3-6-20(7-4-17)16(22)15(14-2-1-5-18-12-14)19-8-10-24-11-9-19/h1-2,5,12,15,21,23H,3-4,6-11,13H2/t15-/m0/s1. The second-order valence-electron chi connectivity index (χ2n) is 6.54. The molecule has 7 nitrogen and oxygen atoms in total. The number of hydrogen-bond acceptors (Lipinski definition) is 6. The highest BCUT2D eigenvalue weighted by Gasteiger charge is 2.37. The number of morpholine rings is 1. The number of carbonyl (C=O) groups excluding carboxylic acids is 1. The van der Waals surface area contributed by atoms with E-state index in [0.29, 0.717) is 52.2 Å². The summed E-state index contributed by atoms with van der Waals surface area (Å²) in [5.74, 6) is 0.0323. The van der Waals surface area contributed by atoms with Gasteiger partial charge in [-0.1, -0.05) is 6.07 Å². The smallest absolute Gasteiger partial charge is 0.244 e. The van der Waals surface area contributed by atoms with Gasteiger partial charge in [-0.3, -0.25) is 14.7 Å². The quantitative estimate of drug-likeness (QED) is 0.793. The van der Waals surface area contributed by atoms with E-state index in [1.165, 1.54) is 0 Å². The molecule has 2 N–H and O–H groups in total. The van der Waals surface area contributed by atoms with Gasteiger partial charge in [-0.05, 0) is 24.5 Å². The molecule has 0 aliphatic carbocycles. The van der Waals surface area contributed by atoms with Crippen LogP contribution in [0.4, 0.5) is 0 Å². The molecule has 2 fully saturated rings. The molecule has 2 aliphatic heterocycles. The van der Waals surface area contributed by atoms with E-state index in [9.17, 15) is 15.0 Å². The number of pyridine rings is 1. The summed E-state index contributed by atoms with van der Waals surface area (Å²) < 4.78 is 5.41. The molecule has 24 heavy (non-hydrogen) atoms. The third kappa shape index (κ3) is 3.75. The van der Waals surface area contributed by atoms with Gasteiger partial charge in [0.25, 0.3) is 0 Å². The van der Waals surface area contributed by atoms with Gasteiger partial charge in [0.05, 0.1) is 25.4 Å². The Morgan fingerprint density at radius 3 is 2.58 bits per heavy atom. The summed E-state index contributed by atoms with van der Waals surface area (Å²) in [5, 5.41) is 19.4. The molecule has 2 saturated heterocycles. The van der Waals surface area contributed by atoms with Crippen molar-refractivity contribution in [2.24, 2.45) is 0 Å². The molecule has 1 aromatic heterocycles. The van der Waals surface area contributed by atoms with Crippen molar-refractivity contribution in [3.63, 3.8) is 0 Å². The Morgan fingerprint density at radius 2 is 2.00 bits per heavy atom. The SMILES string of the molecule is O=C([C@H](c1cccnc1)N1CCOCC1)N1CCC(O)(CO)CC1. The van der Waals surface area contributed by atoms with E-state index in [-0.39, 0.29) is 18.6 Å². The Hall–Kier alpha value is -1.54. The van der Waals surface area contributed by atoms with Gasteiger partial charge in [0, 0.05) is 38.6 Å². The monoisotopic (exact) mass is 335 g/mol. The summed E-state index contributed by atoms with van der Waals surface area (Å²) in [4.78, 5) is 21.3. The van der Waals surface area contributed by atoms with Crippen LogP contribution in [0, 0.1) is 0 Å². The van der Waals surface area contributed by atoms with Crippen molar-refractivity contribution in [3.05, 3.63) is 30.1 Å². The zero-order valence-electron chi connectivity index (χ0n) is 13.8. The number of carbonyl (C=O) groups is 1. The van der Waals surface area contributed by atoms with Crippen LogP contribution >= 0.6 is 0 Å². The number of ether oxygens (including phenoxy) is 1. The van der Waals surface area contributed by atoms with Gasteiger partial charge in [-0.2, -0.15) is 0 Å². The number of aromatic nitrogens is 1. The number of amides is 1. The molecule has 0 saturated carbocycles. The first kappa shape index (κ1) is 17.3. The summed E-state index contributed by atoms with van der Waals surface area (Å²) in [5.41, 5.74) is -0.174. The van der Waals surface area contributed by atoms with Crippen LogP contribution in [0.15, 0.2) is 24.5 Å². The molecule has 0 unspecified atom stereocenters. The molecular weight excluding hydrogens is 310 g/mol. The lowest BCUT2D eigenvalue weighted by atomic mass is 9.91. The van der Waals surface area contributed by atoms with Gasteiger partial charge in [0.15, 0.2) is 0 Å². The van der Waals surface area contributed by atoms with Gasteiger partial charge in [-0.25, -0.2) is 0 Å². The first-order valence-corrected chi connectivity index (χ1v) is 8.47. The molecule has 0 aromatic carbocycles. The van der Waals surface area contributed by atoms with Gasteiger partial charge in [0.1, 0.15) is 6.04 Å². The molecule has 0 spiro atoms. The van der Waals surface area contributed by atoms with Gasteiger partial charge < -0.3 is 19.8 Å². The minimum Gasteiger partial charge on any atom is -0.393 e. The molecule has 1 atom stereocenters. The van der Waals surface area contributed by atoms with E-state index in [2.05, 4.69) is 9.88 Å². The fraction of sp³-hybridized carbons (Fsp3) is 0.647. The fourth-order valence-corrected chi connectivity index (χ4v) is 3.36. The molecule has 3 rings (SSSR count). The third-order valence-electron chi connectivity index (χ3n) is 4.95. The molecule has 0 radical (unpaired) electrons. The fourth-order valence-electron chi connectivity index (χ4n) is 3.36. The van der Waals surface area contributed by atoms with Crippen molar-refractivity contribution in [1.82, 2.24) is 14.8 Å². The number of likely N-dealkylation sites (tertiary alicyclic amines) is 1. The lowest BCUT2D eigenvalue weighted by Crippen LogP contribution is -2.52. The van der Waals surface area contributed by atoms with Crippen LogP contribution in [0.25, 0.3) is 0 Å². The highest BCUT2D eigenvalue weighted by Crippen LogP contribution is 2.28. The van der Waals surface area contributed by atoms with Crippen LogP contribution in [0.1, 0.15) is 24.4 Å². The maximum absolute atomic E-state index is 13.2. The number of aliphatic hydroxyl groups is 2. The summed E-state index contributed by atoms with van der Waals surface area (Å²) in [7, 11) is 0. The second-order valence-corrected chi connectivity index (χ2v) is 6.54. The second kappa shape index (κ2) is 7.57. The molecular formula is C17H25N3O4. The number of piperidine rings is 1. The Labute approximate surface area is 141 Å². The minimum absolute atomic E-state index is 0.0323. The Morgan fingerprint density at radius 1 is 1.29 bits per heavy atom. The number of rotatable bonds is 4. The highest BCUT2D eigenvalue weighted by atomic mass is 16.5. The topological polar surface area (TPSA) is 86.1 Å². The van der Waals surface area contributed by atoms with Crippen LogP contribution in [0.3, 0.4) is 0 Å². The molecule has 0 bridgehead atoms. The maximum atomic E-state index is 13.2. The average Bonchev–Trinajstić information content (AvgIpc) is 2.64. The van der Waals surface area contributed by atoms with E-state index in [1.807, 2.05) is 12.1 Å². The Kier molecular flexibility index (Phi) is 5.45. The first-order chi connectivity index (χ1) is 11.6. The van der Waals surface area contributed by atoms with Gasteiger partial charge >= 0.3 is 0 Å². The van der Waals surface area contributed by atoms with Crippen molar-refractivity contribution < 1.29 is 19.7 Å². The first-order valence-electron chi connectivity index (χ1n) is 8.47. The molecule has 1 aromatic rings. The lowest BCUT2D eigenvalue weighted by Gasteiger charge is -2.41. The average molecular weight is 335 g/mol. The van der Waals surface area contributed by atoms with E-state index in [0.717, 1.165) is 5.56 Å². The summed E-state index contributed by atoms with van der Waals surface area (Å²) in [6, 6.07) is 3.40. The zero-order chi connectivity index (χ0) is 17.0. The lowest BCUT2D eigenvalue weighted by molar-refractivity contribution is -0.144. The largest absolute Gasteiger partial charge is 0.393 e. The molecule has 3 heterocycles. The van der Waals surface area contributed by atoms with E-state index >= 15 is 0 Å². The number of aliphatic hydroxyl groups excluding tert-OH is 1. The molecule has 2 aliphatic rings. The third-order valence-corrected chi connectivity index (χ3v) is 4.95. The predicted molar refractivity (Wildman–Crippen MR) is 87.2 cm³/mol. The predicted octanol–water partition coefficient (Wildman–Crippen LogP) is -0.199. The summed E-state index contributed by atoms with van der Waals surface area (Å²) >= 11 is 0. The van der Waals surface area contributed by atoms with Crippen molar-refractivity contribution >= 4 is 5.91 Å².